The Hall–Kier alpha value is -0.760. The molecule has 0 amide bonds. The van der Waals surface area contributed by atoms with Crippen molar-refractivity contribution >= 4 is 0 Å². The molecule has 0 N–H and O–H groups in total. The second-order valence-electron chi connectivity index (χ2n) is 4.17. The quantitative estimate of drug-likeness (QED) is 0.702. The van der Waals surface area contributed by atoms with E-state index in [-0.39, 0.29) is 6.10 Å². The largest absolute Gasteiger partial charge is 0.406 e. The van der Waals surface area contributed by atoms with Gasteiger partial charge in [-0.2, -0.15) is 18.4 Å². The third-order valence-corrected chi connectivity index (χ3v) is 2.85. The summed E-state index contributed by atoms with van der Waals surface area (Å²) < 4.78 is 42.0. The molecular formula is C11H16F3NO. The first-order valence-corrected chi connectivity index (χ1v) is 5.62. The second kappa shape index (κ2) is 6.09. The highest BCUT2D eigenvalue weighted by atomic mass is 19.4. The molecule has 1 atom stereocenters. The summed E-state index contributed by atoms with van der Waals surface area (Å²) in [5.74, 6) is -1.99. The first kappa shape index (κ1) is 13.3. The Morgan fingerprint density at radius 1 is 1.19 bits per heavy atom. The van der Waals surface area contributed by atoms with Crippen LogP contribution in [0.3, 0.4) is 0 Å². The molecule has 0 bridgehead atoms. The summed E-state index contributed by atoms with van der Waals surface area (Å²) in [6.07, 6.45) is 1.33. The fourth-order valence-electron chi connectivity index (χ4n) is 1.85. The smallest absolute Gasteiger partial charge is 0.376 e. The lowest BCUT2D eigenvalue weighted by molar-refractivity contribution is -0.176. The van der Waals surface area contributed by atoms with Crippen LogP contribution in [0, 0.1) is 17.2 Å². The maximum absolute atomic E-state index is 12.3. The van der Waals surface area contributed by atoms with Crippen molar-refractivity contribution in [3.8, 4) is 6.07 Å². The van der Waals surface area contributed by atoms with Crippen molar-refractivity contribution < 1.29 is 17.9 Å². The van der Waals surface area contributed by atoms with E-state index >= 15 is 0 Å². The van der Waals surface area contributed by atoms with E-state index in [4.69, 9.17) is 10.00 Å². The van der Waals surface area contributed by atoms with Crippen LogP contribution >= 0.6 is 0 Å². The zero-order valence-corrected chi connectivity index (χ0v) is 9.09. The fourth-order valence-corrected chi connectivity index (χ4v) is 1.85. The minimum Gasteiger partial charge on any atom is -0.376 e. The van der Waals surface area contributed by atoms with E-state index in [2.05, 4.69) is 0 Å². The van der Waals surface area contributed by atoms with Gasteiger partial charge in [0, 0.05) is 0 Å². The molecule has 0 aromatic carbocycles. The number of nitrogens with zero attached hydrogens (tertiary/aromatic N) is 1. The van der Waals surface area contributed by atoms with Crippen molar-refractivity contribution in [2.45, 2.75) is 50.8 Å². The molecule has 1 fully saturated rings. The maximum atomic E-state index is 12.3. The van der Waals surface area contributed by atoms with Gasteiger partial charge in [-0.05, 0) is 12.8 Å². The molecule has 0 spiro atoms. The number of halogens is 3. The minimum absolute atomic E-state index is 0.0966. The van der Waals surface area contributed by atoms with E-state index in [1.807, 2.05) is 0 Å². The lowest BCUT2D eigenvalue weighted by Crippen LogP contribution is -2.28. The summed E-state index contributed by atoms with van der Waals surface area (Å²) in [6.45, 7) is -0.523. The van der Waals surface area contributed by atoms with Gasteiger partial charge in [-0.3, -0.25) is 0 Å². The van der Waals surface area contributed by atoms with Crippen LogP contribution in [0.5, 0.6) is 0 Å². The van der Waals surface area contributed by atoms with Gasteiger partial charge in [0.1, 0.15) is 0 Å². The molecule has 0 aromatic heterocycles. The molecule has 0 aliphatic heterocycles. The zero-order chi connectivity index (χ0) is 12.0. The van der Waals surface area contributed by atoms with Crippen LogP contribution in [0.2, 0.25) is 0 Å². The SMILES string of the molecule is N#CC(COC1CCCCCC1)C(F)(F)F. The fraction of sp³-hybridized carbons (Fsp3) is 0.909. The lowest BCUT2D eigenvalue weighted by Gasteiger charge is -2.19. The molecule has 0 heterocycles. The summed E-state index contributed by atoms with van der Waals surface area (Å²) in [5, 5.41) is 8.40. The minimum atomic E-state index is -4.47. The molecule has 1 saturated carbocycles. The van der Waals surface area contributed by atoms with Crippen LogP contribution in [0.1, 0.15) is 38.5 Å². The van der Waals surface area contributed by atoms with Crippen LogP contribution < -0.4 is 0 Å². The van der Waals surface area contributed by atoms with E-state index in [1.54, 1.807) is 0 Å². The number of hydrogen-bond donors (Lipinski definition) is 0. The van der Waals surface area contributed by atoms with Crippen LogP contribution in [0.25, 0.3) is 0 Å². The number of nitriles is 1. The number of hydrogen-bond acceptors (Lipinski definition) is 2. The Labute approximate surface area is 93.4 Å². The molecule has 1 rings (SSSR count). The van der Waals surface area contributed by atoms with Gasteiger partial charge in [0.15, 0.2) is 5.92 Å². The molecule has 5 heteroatoms. The third-order valence-electron chi connectivity index (χ3n) is 2.85. The van der Waals surface area contributed by atoms with Crippen LogP contribution in [0.4, 0.5) is 13.2 Å². The number of ether oxygens (including phenoxy) is 1. The molecule has 1 aliphatic rings. The van der Waals surface area contributed by atoms with Gasteiger partial charge in [0.25, 0.3) is 0 Å². The monoisotopic (exact) mass is 235 g/mol. The third kappa shape index (κ3) is 4.40. The first-order chi connectivity index (χ1) is 7.54. The highest BCUT2D eigenvalue weighted by molar-refractivity contribution is 4.88. The molecule has 16 heavy (non-hydrogen) atoms. The van der Waals surface area contributed by atoms with Gasteiger partial charge in [0.2, 0.25) is 0 Å². The second-order valence-corrected chi connectivity index (χ2v) is 4.17. The normalized spacial score (nSPS) is 21.1. The van der Waals surface area contributed by atoms with E-state index in [1.165, 1.54) is 6.07 Å². The van der Waals surface area contributed by atoms with Gasteiger partial charge in [-0.25, -0.2) is 0 Å². The predicted octanol–water partition coefficient (Wildman–Crippen LogP) is 3.43. The average molecular weight is 235 g/mol. The molecular weight excluding hydrogens is 219 g/mol. The van der Waals surface area contributed by atoms with Crippen molar-refractivity contribution in [2.24, 2.45) is 5.92 Å². The van der Waals surface area contributed by atoms with Gasteiger partial charge in [-0.1, -0.05) is 25.7 Å². The molecule has 2 nitrogen and oxygen atoms in total. The van der Waals surface area contributed by atoms with Gasteiger partial charge < -0.3 is 4.74 Å². The van der Waals surface area contributed by atoms with Crippen LogP contribution in [-0.2, 0) is 4.74 Å². The highest BCUT2D eigenvalue weighted by Gasteiger charge is 2.40. The molecule has 0 aromatic rings. The van der Waals surface area contributed by atoms with Gasteiger partial charge in [-0.15, -0.1) is 0 Å². The average Bonchev–Trinajstić information content (AvgIpc) is 2.45. The van der Waals surface area contributed by atoms with Crippen molar-refractivity contribution in [3.63, 3.8) is 0 Å². The van der Waals surface area contributed by atoms with E-state index < -0.39 is 18.7 Å². The van der Waals surface area contributed by atoms with Crippen molar-refractivity contribution in [1.29, 1.82) is 5.26 Å². The van der Waals surface area contributed by atoms with E-state index in [0.29, 0.717) is 0 Å². The van der Waals surface area contributed by atoms with Crippen molar-refractivity contribution in [1.82, 2.24) is 0 Å². The number of alkyl halides is 3. The summed E-state index contributed by atoms with van der Waals surface area (Å²) in [6, 6.07) is 1.25. The van der Waals surface area contributed by atoms with Crippen molar-refractivity contribution in [2.75, 3.05) is 6.61 Å². The van der Waals surface area contributed by atoms with Crippen LogP contribution in [0.15, 0.2) is 0 Å². The Balaban J connectivity index is 2.34. The predicted molar refractivity (Wildman–Crippen MR) is 52.6 cm³/mol. The standard InChI is InChI=1S/C11H16F3NO/c12-11(13,14)9(7-15)8-16-10-5-3-1-2-4-6-10/h9-10H,1-6,8H2. The Morgan fingerprint density at radius 3 is 2.19 bits per heavy atom. The number of rotatable bonds is 3. The zero-order valence-electron chi connectivity index (χ0n) is 9.09. The van der Waals surface area contributed by atoms with E-state index in [0.717, 1.165) is 38.5 Å². The Kier molecular flexibility index (Phi) is 5.07. The van der Waals surface area contributed by atoms with Crippen LogP contribution in [-0.4, -0.2) is 18.9 Å². The molecule has 92 valence electrons. The first-order valence-electron chi connectivity index (χ1n) is 5.62. The Bertz CT molecular complexity index is 239. The topological polar surface area (TPSA) is 33.0 Å². The molecule has 1 unspecified atom stereocenters. The van der Waals surface area contributed by atoms with Crippen molar-refractivity contribution in [3.05, 3.63) is 0 Å². The lowest BCUT2D eigenvalue weighted by atomic mass is 10.1. The molecule has 1 aliphatic carbocycles. The maximum Gasteiger partial charge on any atom is 0.406 e. The highest BCUT2D eigenvalue weighted by Crippen LogP contribution is 2.27. The van der Waals surface area contributed by atoms with E-state index in [9.17, 15) is 13.2 Å². The summed E-state index contributed by atoms with van der Waals surface area (Å²) >= 11 is 0. The summed E-state index contributed by atoms with van der Waals surface area (Å²) in [7, 11) is 0. The summed E-state index contributed by atoms with van der Waals surface area (Å²) in [5.41, 5.74) is 0. The molecule has 0 saturated heterocycles. The van der Waals surface area contributed by atoms with Gasteiger partial charge in [0.05, 0.1) is 18.8 Å². The van der Waals surface area contributed by atoms with Gasteiger partial charge >= 0.3 is 6.18 Å². The summed E-state index contributed by atoms with van der Waals surface area (Å²) in [4.78, 5) is 0. The molecule has 0 radical (unpaired) electrons. The Morgan fingerprint density at radius 2 is 1.75 bits per heavy atom.